The van der Waals surface area contributed by atoms with Crippen LogP contribution in [0.2, 0.25) is 0 Å². The topological polar surface area (TPSA) is 59.9 Å². The number of hydrazone groups is 1. The minimum Gasteiger partial charge on any atom is -0.494 e. The molecular weight excluding hydrogens is 379 g/mol. The lowest BCUT2D eigenvalue weighted by atomic mass is 10.2. The minimum atomic E-state index is -0.402. The van der Waals surface area contributed by atoms with Crippen LogP contribution in [0, 0.1) is 5.82 Å². The number of carbonyl (C=O) groups is 1. The predicted octanol–water partition coefficient (Wildman–Crippen LogP) is 3.52. The van der Waals surface area contributed by atoms with Crippen molar-refractivity contribution in [1.82, 2.24) is 5.43 Å². The van der Waals surface area contributed by atoms with Crippen molar-refractivity contribution in [3.63, 3.8) is 0 Å². The first-order valence-corrected chi connectivity index (χ1v) is 8.00. The highest BCUT2D eigenvalue weighted by Gasteiger charge is 2.02. The van der Waals surface area contributed by atoms with Crippen LogP contribution < -0.4 is 14.9 Å². The molecule has 0 aromatic heterocycles. The van der Waals surface area contributed by atoms with E-state index < -0.39 is 5.91 Å². The van der Waals surface area contributed by atoms with Gasteiger partial charge in [-0.15, -0.1) is 0 Å². The van der Waals surface area contributed by atoms with E-state index >= 15 is 0 Å². The Labute approximate surface area is 147 Å². The van der Waals surface area contributed by atoms with E-state index in [0.29, 0.717) is 22.4 Å². The van der Waals surface area contributed by atoms with E-state index in [-0.39, 0.29) is 12.4 Å². The summed E-state index contributed by atoms with van der Waals surface area (Å²) in [7, 11) is 0. The SMILES string of the molecule is CCOc1ccc(OCC(=O)N/N=C\c2ccc(F)c(Br)c2)cc1. The number of benzene rings is 2. The van der Waals surface area contributed by atoms with E-state index in [1.165, 1.54) is 12.3 Å². The molecule has 126 valence electrons. The van der Waals surface area contributed by atoms with Crippen molar-refractivity contribution in [2.75, 3.05) is 13.2 Å². The third-order valence-electron chi connectivity index (χ3n) is 2.85. The molecule has 0 fully saturated rings. The first-order chi connectivity index (χ1) is 11.6. The first-order valence-electron chi connectivity index (χ1n) is 7.21. The Kier molecular flexibility index (Phi) is 6.74. The molecule has 0 unspecified atom stereocenters. The number of hydrogen-bond acceptors (Lipinski definition) is 4. The normalized spacial score (nSPS) is 10.6. The summed E-state index contributed by atoms with van der Waals surface area (Å²) in [4.78, 5) is 11.7. The van der Waals surface area contributed by atoms with Gasteiger partial charge < -0.3 is 9.47 Å². The Hall–Kier alpha value is -2.41. The van der Waals surface area contributed by atoms with Crippen molar-refractivity contribution in [2.24, 2.45) is 5.10 Å². The number of halogens is 2. The molecule has 0 aliphatic heterocycles. The van der Waals surface area contributed by atoms with Gasteiger partial charge in [0.25, 0.3) is 5.91 Å². The molecule has 1 amide bonds. The second-order valence-electron chi connectivity index (χ2n) is 4.66. The van der Waals surface area contributed by atoms with Crippen LogP contribution >= 0.6 is 15.9 Å². The summed E-state index contributed by atoms with van der Waals surface area (Å²) >= 11 is 3.08. The monoisotopic (exact) mass is 394 g/mol. The van der Waals surface area contributed by atoms with Crippen LogP contribution in [0.5, 0.6) is 11.5 Å². The maximum absolute atomic E-state index is 13.1. The fourth-order valence-electron chi connectivity index (χ4n) is 1.75. The third kappa shape index (κ3) is 5.66. The van der Waals surface area contributed by atoms with Crippen LogP contribution in [0.4, 0.5) is 4.39 Å². The van der Waals surface area contributed by atoms with Gasteiger partial charge in [-0.05, 0) is 64.8 Å². The lowest BCUT2D eigenvalue weighted by Crippen LogP contribution is -2.24. The van der Waals surface area contributed by atoms with Crippen LogP contribution in [0.15, 0.2) is 52.0 Å². The van der Waals surface area contributed by atoms with Gasteiger partial charge in [-0.1, -0.05) is 6.07 Å². The molecule has 0 bridgehead atoms. The van der Waals surface area contributed by atoms with Gasteiger partial charge in [0.15, 0.2) is 6.61 Å². The van der Waals surface area contributed by atoms with Gasteiger partial charge in [-0.3, -0.25) is 4.79 Å². The number of rotatable bonds is 7. The number of hydrogen-bond donors (Lipinski definition) is 1. The van der Waals surface area contributed by atoms with Crippen molar-refractivity contribution in [1.29, 1.82) is 0 Å². The molecule has 2 aromatic carbocycles. The largest absolute Gasteiger partial charge is 0.494 e. The highest BCUT2D eigenvalue weighted by atomic mass is 79.9. The molecule has 2 aromatic rings. The summed E-state index contributed by atoms with van der Waals surface area (Å²) < 4.78 is 24.1. The van der Waals surface area contributed by atoms with Crippen molar-refractivity contribution >= 4 is 28.1 Å². The molecule has 0 saturated heterocycles. The van der Waals surface area contributed by atoms with Gasteiger partial charge in [-0.25, -0.2) is 9.82 Å². The van der Waals surface area contributed by atoms with Gasteiger partial charge in [0.2, 0.25) is 0 Å². The van der Waals surface area contributed by atoms with Gasteiger partial charge in [0.1, 0.15) is 17.3 Å². The van der Waals surface area contributed by atoms with Gasteiger partial charge in [-0.2, -0.15) is 5.10 Å². The Bertz CT molecular complexity index is 720. The lowest BCUT2D eigenvalue weighted by molar-refractivity contribution is -0.123. The van der Waals surface area contributed by atoms with E-state index in [1.54, 1.807) is 36.4 Å². The summed E-state index contributed by atoms with van der Waals surface area (Å²) in [6.45, 7) is 2.32. The zero-order chi connectivity index (χ0) is 17.4. The Morgan fingerprint density at radius 2 is 1.88 bits per heavy atom. The third-order valence-corrected chi connectivity index (χ3v) is 3.46. The molecule has 0 heterocycles. The molecular formula is C17H16BrFN2O3. The van der Waals surface area contributed by atoms with E-state index in [2.05, 4.69) is 26.5 Å². The quantitative estimate of drug-likeness (QED) is 0.577. The Morgan fingerprint density at radius 3 is 2.50 bits per heavy atom. The zero-order valence-electron chi connectivity index (χ0n) is 13.0. The van der Waals surface area contributed by atoms with Gasteiger partial charge in [0.05, 0.1) is 17.3 Å². The predicted molar refractivity (Wildman–Crippen MR) is 92.9 cm³/mol. The standard InChI is InChI=1S/C17H16BrFN2O3/c1-2-23-13-4-6-14(7-5-13)24-11-17(22)21-20-10-12-3-8-16(19)15(18)9-12/h3-10H,2,11H2,1H3,(H,21,22)/b20-10-. The summed E-state index contributed by atoms with van der Waals surface area (Å²) in [6, 6.07) is 11.4. The molecule has 24 heavy (non-hydrogen) atoms. The summed E-state index contributed by atoms with van der Waals surface area (Å²) in [5.74, 6) is 0.533. The van der Waals surface area contributed by atoms with E-state index in [9.17, 15) is 9.18 Å². The molecule has 0 spiro atoms. The van der Waals surface area contributed by atoms with Crippen molar-refractivity contribution in [3.8, 4) is 11.5 Å². The van der Waals surface area contributed by atoms with Crippen LogP contribution in [0.1, 0.15) is 12.5 Å². The van der Waals surface area contributed by atoms with Gasteiger partial charge >= 0.3 is 0 Å². The number of ether oxygens (including phenoxy) is 2. The number of amides is 1. The number of nitrogens with one attached hydrogen (secondary N) is 1. The highest BCUT2D eigenvalue weighted by Crippen LogP contribution is 2.17. The maximum Gasteiger partial charge on any atom is 0.277 e. The van der Waals surface area contributed by atoms with E-state index in [4.69, 9.17) is 9.47 Å². The molecule has 0 atom stereocenters. The van der Waals surface area contributed by atoms with Crippen molar-refractivity contribution in [3.05, 3.63) is 58.3 Å². The molecule has 7 heteroatoms. The van der Waals surface area contributed by atoms with E-state index in [0.717, 1.165) is 5.75 Å². The van der Waals surface area contributed by atoms with Crippen LogP contribution in [0.3, 0.4) is 0 Å². The maximum atomic E-state index is 13.1. The molecule has 0 saturated carbocycles. The second-order valence-corrected chi connectivity index (χ2v) is 5.51. The zero-order valence-corrected chi connectivity index (χ0v) is 14.5. The average Bonchev–Trinajstić information content (AvgIpc) is 2.58. The molecule has 5 nitrogen and oxygen atoms in total. The Balaban J connectivity index is 1.78. The van der Waals surface area contributed by atoms with Crippen LogP contribution in [-0.2, 0) is 4.79 Å². The fraction of sp³-hybridized carbons (Fsp3) is 0.176. The molecule has 1 N–H and O–H groups in total. The second kappa shape index (κ2) is 9.02. The molecule has 0 aliphatic carbocycles. The lowest BCUT2D eigenvalue weighted by Gasteiger charge is -2.06. The number of nitrogens with zero attached hydrogens (tertiary/aromatic N) is 1. The van der Waals surface area contributed by atoms with Gasteiger partial charge in [0, 0.05) is 0 Å². The number of carbonyl (C=O) groups excluding carboxylic acids is 1. The fourth-order valence-corrected chi connectivity index (χ4v) is 2.15. The van der Waals surface area contributed by atoms with Crippen LogP contribution in [0.25, 0.3) is 0 Å². The summed E-state index contributed by atoms with van der Waals surface area (Å²) in [5, 5.41) is 3.80. The minimum absolute atomic E-state index is 0.168. The molecule has 2 rings (SSSR count). The molecule has 0 radical (unpaired) electrons. The highest BCUT2D eigenvalue weighted by molar-refractivity contribution is 9.10. The average molecular weight is 395 g/mol. The van der Waals surface area contributed by atoms with Crippen molar-refractivity contribution < 1.29 is 18.7 Å². The van der Waals surface area contributed by atoms with E-state index in [1.807, 2.05) is 6.92 Å². The Morgan fingerprint density at radius 1 is 1.21 bits per heavy atom. The smallest absolute Gasteiger partial charge is 0.277 e. The first kappa shape index (κ1) is 17.9. The summed E-state index contributed by atoms with van der Waals surface area (Å²) in [5.41, 5.74) is 2.99. The van der Waals surface area contributed by atoms with Crippen LogP contribution in [-0.4, -0.2) is 25.3 Å². The molecule has 0 aliphatic rings. The van der Waals surface area contributed by atoms with Crippen molar-refractivity contribution in [2.45, 2.75) is 6.92 Å². The summed E-state index contributed by atoms with van der Waals surface area (Å²) in [6.07, 6.45) is 1.42.